The molecule has 2 aliphatic heterocycles. The highest BCUT2D eigenvalue weighted by Crippen LogP contribution is 2.47. The minimum Gasteiger partial charge on any atom is -0.391 e. The lowest BCUT2D eigenvalue weighted by molar-refractivity contribution is -0.117. The highest BCUT2D eigenvalue weighted by Gasteiger charge is 2.47. The van der Waals surface area contributed by atoms with E-state index in [1.54, 1.807) is 12.3 Å². The molecule has 2 unspecified atom stereocenters. The standard InChI is InChI=1S/C27H30N8O2/c1-15-4-5-28-26(32-15)20-8-21(20)27(37)33-23-9-25(31-14-30-23)35-13-19(36)7-22(35)16-2-3-24(29-10-16)34-11-17-6-18(17)12-34/h2-5,9-10,14,17-22,36H,6-8,11-13H2,1H3,(H,30,31,33,37)/t17-,18?,19?,20+,21+,22+/m1/s1. The van der Waals surface area contributed by atoms with Crippen LogP contribution in [0.25, 0.3) is 0 Å². The number of carbonyl (C=O) groups excluding carboxylic acids is 1. The van der Waals surface area contributed by atoms with Crippen LogP contribution in [0.1, 0.15) is 48.3 Å². The van der Waals surface area contributed by atoms with Crippen LogP contribution in [-0.4, -0.2) is 61.7 Å². The number of β-amino-alcohol motifs (C(OH)–C–C–N with tert-alkyl or cyclic N) is 1. The molecule has 10 nitrogen and oxygen atoms in total. The van der Waals surface area contributed by atoms with E-state index in [2.05, 4.69) is 47.2 Å². The number of hydrogen-bond acceptors (Lipinski definition) is 9. The summed E-state index contributed by atoms with van der Waals surface area (Å²) in [7, 11) is 0. The fourth-order valence-electron chi connectivity index (χ4n) is 5.96. The van der Waals surface area contributed by atoms with Gasteiger partial charge in [-0.3, -0.25) is 4.79 Å². The second-order valence-corrected chi connectivity index (χ2v) is 10.9. The van der Waals surface area contributed by atoms with E-state index in [0.29, 0.717) is 24.6 Å². The SMILES string of the molecule is Cc1ccnc([C@H]2C[C@@H]2C(=O)Nc2cc(N3CC(O)C[C@H]3c3ccc(N4CC5C[C@@H]5C4)nc3)ncn2)n1. The topological polar surface area (TPSA) is 120 Å². The van der Waals surface area contributed by atoms with E-state index in [1.165, 1.54) is 12.7 Å². The molecule has 2 aliphatic carbocycles. The monoisotopic (exact) mass is 498 g/mol. The maximum atomic E-state index is 12.9. The zero-order valence-corrected chi connectivity index (χ0v) is 20.7. The van der Waals surface area contributed by atoms with Crippen molar-refractivity contribution in [1.82, 2.24) is 24.9 Å². The van der Waals surface area contributed by atoms with Crippen molar-refractivity contribution in [2.75, 3.05) is 34.8 Å². The number of carbonyl (C=O) groups is 1. The third-order valence-electron chi connectivity index (χ3n) is 8.21. The highest BCUT2D eigenvalue weighted by atomic mass is 16.3. The molecule has 10 heteroatoms. The molecule has 5 heterocycles. The van der Waals surface area contributed by atoms with E-state index in [1.807, 2.05) is 19.2 Å². The van der Waals surface area contributed by atoms with Gasteiger partial charge < -0.3 is 20.2 Å². The summed E-state index contributed by atoms with van der Waals surface area (Å²) >= 11 is 0. The minimum absolute atomic E-state index is 0.0427. The molecular weight excluding hydrogens is 468 g/mol. The van der Waals surface area contributed by atoms with E-state index in [4.69, 9.17) is 4.98 Å². The summed E-state index contributed by atoms with van der Waals surface area (Å²) in [6.45, 7) is 4.61. The van der Waals surface area contributed by atoms with Crippen molar-refractivity contribution in [3.8, 4) is 0 Å². The van der Waals surface area contributed by atoms with Gasteiger partial charge in [0.2, 0.25) is 5.91 Å². The number of aliphatic hydroxyl groups is 1. The number of pyridine rings is 1. The van der Waals surface area contributed by atoms with Gasteiger partial charge in [-0.25, -0.2) is 24.9 Å². The molecule has 0 radical (unpaired) electrons. The Hall–Kier alpha value is -3.66. The summed E-state index contributed by atoms with van der Waals surface area (Å²) in [4.78, 5) is 39.6. The number of rotatable bonds is 6. The summed E-state index contributed by atoms with van der Waals surface area (Å²) in [5, 5.41) is 13.5. The van der Waals surface area contributed by atoms with Gasteiger partial charge in [-0.15, -0.1) is 0 Å². The molecular formula is C27H30N8O2. The van der Waals surface area contributed by atoms with Crippen molar-refractivity contribution < 1.29 is 9.90 Å². The van der Waals surface area contributed by atoms with E-state index < -0.39 is 6.10 Å². The Morgan fingerprint density at radius 2 is 1.86 bits per heavy atom. The lowest BCUT2D eigenvalue weighted by atomic mass is 10.1. The second kappa shape index (κ2) is 8.72. The summed E-state index contributed by atoms with van der Waals surface area (Å²) in [5.74, 6) is 4.39. The van der Waals surface area contributed by atoms with Crippen LogP contribution >= 0.6 is 0 Å². The number of hydrogen-bond donors (Lipinski definition) is 2. The number of fused-ring (bicyclic) bond motifs is 1. The Kier molecular flexibility index (Phi) is 5.31. The Balaban J connectivity index is 1.04. The first-order chi connectivity index (χ1) is 18.0. The molecule has 6 atom stereocenters. The predicted molar refractivity (Wildman–Crippen MR) is 137 cm³/mol. The molecule has 3 aromatic heterocycles. The van der Waals surface area contributed by atoms with Crippen LogP contribution in [0, 0.1) is 24.7 Å². The quantitative estimate of drug-likeness (QED) is 0.528. The molecule has 37 heavy (non-hydrogen) atoms. The van der Waals surface area contributed by atoms with Crippen molar-refractivity contribution in [1.29, 1.82) is 0 Å². The molecule has 0 spiro atoms. The normalized spacial score (nSPS) is 29.8. The minimum atomic E-state index is -0.468. The smallest absolute Gasteiger partial charge is 0.229 e. The predicted octanol–water partition coefficient (Wildman–Crippen LogP) is 2.48. The number of aromatic nitrogens is 5. The van der Waals surface area contributed by atoms with Gasteiger partial charge in [0.1, 0.15) is 29.6 Å². The van der Waals surface area contributed by atoms with E-state index in [9.17, 15) is 9.90 Å². The molecule has 0 aromatic carbocycles. The molecule has 7 rings (SSSR count). The molecule has 2 N–H and O–H groups in total. The molecule has 2 saturated heterocycles. The lowest BCUT2D eigenvalue weighted by Gasteiger charge is -2.26. The second-order valence-electron chi connectivity index (χ2n) is 10.9. The highest BCUT2D eigenvalue weighted by molar-refractivity contribution is 5.94. The van der Waals surface area contributed by atoms with Gasteiger partial charge in [-0.2, -0.15) is 0 Å². The summed E-state index contributed by atoms with van der Waals surface area (Å²) in [6.07, 6.45) is 7.36. The van der Waals surface area contributed by atoms with Crippen LogP contribution in [0.15, 0.2) is 43.0 Å². The molecule has 190 valence electrons. The van der Waals surface area contributed by atoms with Gasteiger partial charge in [-0.1, -0.05) is 6.07 Å². The van der Waals surface area contributed by atoms with E-state index in [0.717, 1.165) is 54.2 Å². The van der Waals surface area contributed by atoms with Crippen LogP contribution in [0.5, 0.6) is 0 Å². The first kappa shape index (κ1) is 22.5. The molecule has 4 fully saturated rings. The lowest BCUT2D eigenvalue weighted by Crippen LogP contribution is -2.26. The van der Waals surface area contributed by atoms with Crippen LogP contribution in [0.2, 0.25) is 0 Å². The summed E-state index contributed by atoms with van der Waals surface area (Å²) < 4.78 is 0. The zero-order valence-electron chi connectivity index (χ0n) is 20.7. The molecule has 4 aliphatic rings. The van der Waals surface area contributed by atoms with Crippen LogP contribution < -0.4 is 15.1 Å². The molecule has 0 bridgehead atoms. The average Bonchev–Trinajstić information content (AvgIpc) is 3.79. The Morgan fingerprint density at radius 1 is 1.00 bits per heavy atom. The van der Waals surface area contributed by atoms with Gasteiger partial charge in [0.05, 0.1) is 12.1 Å². The maximum Gasteiger partial charge on any atom is 0.229 e. The molecule has 3 aromatic rings. The third kappa shape index (κ3) is 4.39. The number of amides is 1. The first-order valence-electron chi connectivity index (χ1n) is 13.1. The van der Waals surface area contributed by atoms with Crippen molar-refractivity contribution in [2.24, 2.45) is 17.8 Å². The largest absolute Gasteiger partial charge is 0.391 e. The van der Waals surface area contributed by atoms with Crippen molar-refractivity contribution in [2.45, 2.75) is 44.2 Å². The summed E-state index contributed by atoms with van der Waals surface area (Å²) in [6, 6.07) is 7.80. The zero-order chi connectivity index (χ0) is 25.1. The molecule has 1 amide bonds. The molecule has 2 saturated carbocycles. The van der Waals surface area contributed by atoms with Gasteiger partial charge in [0, 0.05) is 55.6 Å². The van der Waals surface area contributed by atoms with Gasteiger partial charge in [-0.05, 0) is 55.7 Å². The van der Waals surface area contributed by atoms with Crippen molar-refractivity contribution in [3.05, 3.63) is 60.1 Å². The van der Waals surface area contributed by atoms with Gasteiger partial charge in [0.25, 0.3) is 0 Å². The fraction of sp³-hybridized carbons (Fsp3) is 0.481. The van der Waals surface area contributed by atoms with Crippen LogP contribution in [0.3, 0.4) is 0 Å². The van der Waals surface area contributed by atoms with Gasteiger partial charge >= 0.3 is 0 Å². The third-order valence-corrected chi connectivity index (χ3v) is 8.21. The Morgan fingerprint density at radius 3 is 2.65 bits per heavy atom. The fourth-order valence-corrected chi connectivity index (χ4v) is 5.96. The Labute approximate surface area is 215 Å². The Bertz CT molecular complexity index is 1320. The number of aliphatic hydroxyl groups excluding tert-OH is 1. The van der Waals surface area contributed by atoms with E-state index >= 15 is 0 Å². The number of aryl methyl sites for hydroxylation is 1. The van der Waals surface area contributed by atoms with Crippen LogP contribution in [-0.2, 0) is 4.79 Å². The first-order valence-corrected chi connectivity index (χ1v) is 13.1. The maximum absolute atomic E-state index is 12.9. The van der Waals surface area contributed by atoms with E-state index in [-0.39, 0.29) is 23.8 Å². The van der Waals surface area contributed by atoms with Crippen LogP contribution in [0.4, 0.5) is 17.5 Å². The number of piperidine rings is 1. The summed E-state index contributed by atoms with van der Waals surface area (Å²) in [5.41, 5.74) is 1.95. The van der Waals surface area contributed by atoms with Crippen molar-refractivity contribution >= 4 is 23.4 Å². The number of anilines is 3. The number of nitrogens with one attached hydrogen (secondary N) is 1. The van der Waals surface area contributed by atoms with Gasteiger partial charge in [0.15, 0.2) is 0 Å². The van der Waals surface area contributed by atoms with Crippen molar-refractivity contribution in [3.63, 3.8) is 0 Å². The average molecular weight is 499 g/mol. The number of nitrogens with zero attached hydrogens (tertiary/aromatic N) is 7.